The van der Waals surface area contributed by atoms with Gasteiger partial charge in [-0.05, 0) is 52.0 Å². The molecule has 170 valence electrons. The molecule has 1 N–H and O–H groups in total. The standard InChI is InChI=1S/C21H30N4O4S2/c1-4-21(2,3)23-19(26)15-9-6-10-25(12-15)31(27,28)17-11-16(13-30-17)18-22-20(29-24-18)14-7-5-8-14/h11,13-15H,4-10,12H2,1-3H3,(H,23,26)/t15-/m0/s1. The van der Waals surface area contributed by atoms with E-state index in [-0.39, 0.29) is 28.1 Å². The van der Waals surface area contributed by atoms with E-state index in [1.807, 2.05) is 20.8 Å². The van der Waals surface area contributed by atoms with Crippen molar-refractivity contribution >= 4 is 27.3 Å². The minimum Gasteiger partial charge on any atom is -0.351 e. The summed E-state index contributed by atoms with van der Waals surface area (Å²) in [7, 11) is -3.68. The second kappa shape index (κ2) is 8.63. The highest BCUT2D eigenvalue weighted by atomic mass is 32.2. The first-order chi connectivity index (χ1) is 14.7. The van der Waals surface area contributed by atoms with Crippen LogP contribution in [0.2, 0.25) is 0 Å². The Labute approximate surface area is 187 Å². The van der Waals surface area contributed by atoms with Crippen molar-refractivity contribution in [3.8, 4) is 11.4 Å². The van der Waals surface area contributed by atoms with Gasteiger partial charge in [0.15, 0.2) is 0 Å². The summed E-state index contributed by atoms with van der Waals surface area (Å²) in [5.74, 6) is 0.983. The Kier molecular flexibility index (Phi) is 6.24. The number of aromatic nitrogens is 2. The van der Waals surface area contributed by atoms with Crippen LogP contribution in [-0.2, 0) is 14.8 Å². The molecule has 1 amide bonds. The first-order valence-electron chi connectivity index (χ1n) is 10.9. The summed E-state index contributed by atoms with van der Waals surface area (Å²) in [5.41, 5.74) is 0.345. The molecular weight excluding hydrogens is 436 g/mol. The number of nitrogens with one attached hydrogen (secondary N) is 1. The molecule has 0 bridgehead atoms. The fourth-order valence-electron chi connectivity index (χ4n) is 3.77. The van der Waals surface area contributed by atoms with Gasteiger partial charge in [0.2, 0.25) is 17.6 Å². The predicted molar refractivity (Wildman–Crippen MR) is 118 cm³/mol. The van der Waals surface area contributed by atoms with Crippen LogP contribution in [0, 0.1) is 5.92 Å². The molecule has 0 radical (unpaired) electrons. The molecule has 0 unspecified atom stereocenters. The minimum absolute atomic E-state index is 0.0751. The van der Waals surface area contributed by atoms with E-state index in [4.69, 9.17) is 4.52 Å². The number of piperidine rings is 1. The first kappa shape index (κ1) is 22.4. The lowest BCUT2D eigenvalue weighted by Crippen LogP contribution is -2.50. The predicted octanol–water partition coefficient (Wildman–Crippen LogP) is 3.77. The molecule has 10 heteroatoms. The van der Waals surface area contributed by atoms with E-state index in [0.29, 0.717) is 42.6 Å². The molecule has 0 aromatic carbocycles. The van der Waals surface area contributed by atoms with E-state index in [1.54, 1.807) is 11.4 Å². The molecular formula is C21H30N4O4S2. The summed E-state index contributed by atoms with van der Waals surface area (Å²) in [5, 5.41) is 8.83. The highest BCUT2D eigenvalue weighted by Crippen LogP contribution is 2.37. The van der Waals surface area contributed by atoms with Crippen LogP contribution < -0.4 is 5.32 Å². The Morgan fingerprint density at radius 3 is 2.77 bits per heavy atom. The molecule has 3 heterocycles. The van der Waals surface area contributed by atoms with Gasteiger partial charge in [0, 0.05) is 35.5 Å². The van der Waals surface area contributed by atoms with Crippen molar-refractivity contribution in [1.29, 1.82) is 0 Å². The second-order valence-corrected chi connectivity index (χ2v) is 12.2. The minimum atomic E-state index is -3.68. The number of carbonyl (C=O) groups is 1. The van der Waals surface area contributed by atoms with Gasteiger partial charge in [-0.3, -0.25) is 4.79 Å². The summed E-state index contributed by atoms with van der Waals surface area (Å²) in [4.78, 5) is 17.2. The Morgan fingerprint density at radius 2 is 2.10 bits per heavy atom. The topological polar surface area (TPSA) is 105 Å². The van der Waals surface area contributed by atoms with Crippen LogP contribution in [0.15, 0.2) is 20.2 Å². The SMILES string of the molecule is CCC(C)(C)NC(=O)[C@H]1CCCN(S(=O)(=O)c2cc(-c3noc(C4CCC4)n3)cs2)C1. The lowest BCUT2D eigenvalue weighted by Gasteiger charge is -2.33. The summed E-state index contributed by atoms with van der Waals surface area (Å²) >= 11 is 1.15. The monoisotopic (exact) mass is 466 g/mol. The average molecular weight is 467 g/mol. The van der Waals surface area contributed by atoms with Crippen LogP contribution in [0.5, 0.6) is 0 Å². The zero-order chi connectivity index (χ0) is 22.2. The van der Waals surface area contributed by atoms with E-state index in [9.17, 15) is 13.2 Å². The zero-order valence-electron chi connectivity index (χ0n) is 18.3. The molecule has 2 aliphatic rings. The summed E-state index contributed by atoms with van der Waals surface area (Å²) in [6.45, 7) is 6.60. The third kappa shape index (κ3) is 4.70. The van der Waals surface area contributed by atoms with Gasteiger partial charge in [-0.1, -0.05) is 18.5 Å². The van der Waals surface area contributed by atoms with E-state index < -0.39 is 10.0 Å². The quantitative estimate of drug-likeness (QED) is 0.666. The van der Waals surface area contributed by atoms with Crippen molar-refractivity contribution in [2.45, 2.75) is 75.0 Å². The molecule has 8 nitrogen and oxygen atoms in total. The maximum Gasteiger partial charge on any atom is 0.252 e. The Bertz CT molecular complexity index is 1040. The summed E-state index contributed by atoms with van der Waals surface area (Å²) in [6, 6.07) is 1.61. The number of hydrogen-bond acceptors (Lipinski definition) is 7. The first-order valence-corrected chi connectivity index (χ1v) is 13.3. The van der Waals surface area contributed by atoms with Crippen LogP contribution in [0.3, 0.4) is 0 Å². The van der Waals surface area contributed by atoms with Gasteiger partial charge < -0.3 is 9.84 Å². The number of hydrogen-bond donors (Lipinski definition) is 1. The molecule has 2 fully saturated rings. The van der Waals surface area contributed by atoms with Gasteiger partial charge in [-0.2, -0.15) is 9.29 Å². The fourth-order valence-corrected chi connectivity index (χ4v) is 6.60. The van der Waals surface area contributed by atoms with Crippen molar-refractivity contribution in [2.24, 2.45) is 5.92 Å². The van der Waals surface area contributed by atoms with E-state index >= 15 is 0 Å². The van der Waals surface area contributed by atoms with Gasteiger partial charge in [0.25, 0.3) is 10.0 Å². The zero-order valence-corrected chi connectivity index (χ0v) is 19.9. The number of amides is 1. The van der Waals surface area contributed by atoms with E-state index in [0.717, 1.165) is 30.6 Å². The van der Waals surface area contributed by atoms with Crippen molar-refractivity contribution in [2.75, 3.05) is 13.1 Å². The molecule has 1 saturated heterocycles. The molecule has 1 aliphatic heterocycles. The van der Waals surface area contributed by atoms with Gasteiger partial charge in [0.05, 0.1) is 5.92 Å². The van der Waals surface area contributed by atoms with Crippen LogP contribution in [0.4, 0.5) is 0 Å². The molecule has 31 heavy (non-hydrogen) atoms. The smallest absolute Gasteiger partial charge is 0.252 e. The fraction of sp³-hybridized carbons (Fsp3) is 0.667. The Morgan fingerprint density at radius 1 is 1.32 bits per heavy atom. The molecule has 2 aromatic rings. The Hall–Kier alpha value is -1.78. The lowest BCUT2D eigenvalue weighted by molar-refractivity contribution is -0.127. The molecule has 1 atom stereocenters. The molecule has 1 aliphatic carbocycles. The molecule has 4 rings (SSSR count). The third-order valence-corrected chi connectivity index (χ3v) is 9.70. The number of rotatable bonds is 7. The molecule has 1 saturated carbocycles. The normalized spacial score (nSPS) is 21.1. The maximum absolute atomic E-state index is 13.3. The van der Waals surface area contributed by atoms with Gasteiger partial charge >= 0.3 is 0 Å². The van der Waals surface area contributed by atoms with Gasteiger partial charge in [-0.15, -0.1) is 11.3 Å². The van der Waals surface area contributed by atoms with Crippen LogP contribution >= 0.6 is 11.3 Å². The Balaban J connectivity index is 1.47. The largest absolute Gasteiger partial charge is 0.351 e. The van der Waals surface area contributed by atoms with Crippen molar-refractivity contribution < 1.29 is 17.7 Å². The van der Waals surface area contributed by atoms with Crippen molar-refractivity contribution in [3.63, 3.8) is 0 Å². The average Bonchev–Trinajstić information content (AvgIpc) is 3.36. The maximum atomic E-state index is 13.3. The van der Waals surface area contributed by atoms with E-state index in [1.165, 1.54) is 10.7 Å². The number of thiophene rings is 1. The molecule has 0 spiro atoms. The van der Waals surface area contributed by atoms with Crippen LogP contribution in [0.25, 0.3) is 11.4 Å². The molecule has 2 aromatic heterocycles. The van der Waals surface area contributed by atoms with Crippen LogP contribution in [0.1, 0.15) is 71.1 Å². The van der Waals surface area contributed by atoms with Crippen LogP contribution in [-0.4, -0.2) is 47.4 Å². The number of nitrogens with zero attached hydrogens (tertiary/aromatic N) is 3. The van der Waals surface area contributed by atoms with E-state index in [2.05, 4.69) is 15.5 Å². The number of sulfonamides is 1. The second-order valence-electron chi connectivity index (χ2n) is 9.17. The summed E-state index contributed by atoms with van der Waals surface area (Å²) in [6.07, 6.45) is 5.46. The lowest BCUT2D eigenvalue weighted by atomic mass is 9.85. The summed E-state index contributed by atoms with van der Waals surface area (Å²) < 4.78 is 33.5. The highest BCUT2D eigenvalue weighted by molar-refractivity contribution is 7.91. The third-order valence-electron chi connectivity index (χ3n) is 6.42. The van der Waals surface area contributed by atoms with Gasteiger partial charge in [0.1, 0.15) is 4.21 Å². The highest BCUT2D eigenvalue weighted by Gasteiger charge is 2.35. The van der Waals surface area contributed by atoms with Crippen molar-refractivity contribution in [1.82, 2.24) is 19.8 Å². The van der Waals surface area contributed by atoms with Gasteiger partial charge in [-0.25, -0.2) is 8.42 Å². The van der Waals surface area contributed by atoms with Crippen molar-refractivity contribution in [3.05, 3.63) is 17.3 Å². The number of carbonyl (C=O) groups excluding carboxylic acids is 1.